The average molecular weight is 326 g/mol. The lowest BCUT2D eigenvalue weighted by molar-refractivity contribution is -0.121. The van der Waals surface area contributed by atoms with Crippen molar-refractivity contribution in [3.05, 3.63) is 0 Å². The number of hydrogen-bond acceptors (Lipinski definition) is 3. The van der Waals surface area contributed by atoms with E-state index in [9.17, 15) is 4.79 Å². The molecule has 20 heavy (non-hydrogen) atoms. The van der Waals surface area contributed by atoms with E-state index >= 15 is 0 Å². The van der Waals surface area contributed by atoms with Gasteiger partial charge in [-0.05, 0) is 51.7 Å². The molecular weight excluding hydrogens is 297 g/mol. The first kappa shape index (κ1) is 20.0. The van der Waals surface area contributed by atoms with Gasteiger partial charge < -0.3 is 10.6 Å². The first-order chi connectivity index (χ1) is 8.79. The molecule has 2 aliphatic rings. The van der Waals surface area contributed by atoms with E-state index in [1.807, 2.05) is 0 Å². The monoisotopic (exact) mass is 325 g/mol. The van der Waals surface area contributed by atoms with Gasteiger partial charge in [-0.1, -0.05) is 6.92 Å². The molecule has 0 aromatic heterocycles. The van der Waals surface area contributed by atoms with Gasteiger partial charge in [-0.15, -0.1) is 24.8 Å². The minimum Gasteiger partial charge on any atom is -0.355 e. The zero-order valence-corrected chi connectivity index (χ0v) is 14.0. The van der Waals surface area contributed by atoms with Gasteiger partial charge in [-0.2, -0.15) is 0 Å². The van der Waals surface area contributed by atoms with Crippen LogP contribution < -0.4 is 10.6 Å². The zero-order valence-electron chi connectivity index (χ0n) is 12.4. The first-order valence-electron chi connectivity index (χ1n) is 7.53. The summed E-state index contributed by atoms with van der Waals surface area (Å²) >= 11 is 0. The number of nitrogens with zero attached hydrogens (tertiary/aromatic N) is 1. The summed E-state index contributed by atoms with van der Waals surface area (Å²) in [6.45, 7) is 6.46. The first-order valence-corrected chi connectivity index (χ1v) is 7.53. The Bertz CT molecular complexity index is 273. The molecular formula is C14H29Cl2N3O. The molecule has 0 bridgehead atoms. The van der Waals surface area contributed by atoms with E-state index < -0.39 is 0 Å². The van der Waals surface area contributed by atoms with E-state index in [-0.39, 0.29) is 30.7 Å². The smallest absolute Gasteiger partial charge is 0.220 e. The minimum absolute atomic E-state index is 0. The maximum Gasteiger partial charge on any atom is 0.220 e. The van der Waals surface area contributed by atoms with Crippen LogP contribution in [0.4, 0.5) is 0 Å². The fraction of sp³-hybridized carbons (Fsp3) is 0.929. The van der Waals surface area contributed by atoms with Gasteiger partial charge in [0.15, 0.2) is 0 Å². The Morgan fingerprint density at radius 1 is 1.30 bits per heavy atom. The quantitative estimate of drug-likeness (QED) is 0.784. The third-order valence-electron chi connectivity index (χ3n) is 4.32. The molecule has 1 amide bonds. The Morgan fingerprint density at radius 3 is 2.75 bits per heavy atom. The normalized spacial score (nSPS) is 25.9. The molecule has 0 aromatic rings. The highest BCUT2D eigenvalue weighted by Crippen LogP contribution is 2.15. The lowest BCUT2D eigenvalue weighted by Crippen LogP contribution is -2.40. The summed E-state index contributed by atoms with van der Waals surface area (Å²) in [4.78, 5) is 14.3. The molecule has 0 aliphatic carbocycles. The summed E-state index contributed by atoms with van der Waals surface area (Å²) in [6.07, 6.45) is 6.68. The Labute approximate surface area is 135 Å². The van der Waals surface area contributed by atoms with E-state index in [1.54, 1.807) is 0 Å². The summed E-state index contributed by atoms with van der Waals surface area (Å²) in [7, 11) is 0. The molecule has 2 atom stereocenters. The second kappa shape index (κ2) is 10.7. The Morgan fingerprint density at radius 2 is 2.10 bits per heavy atom. The fourth-order valence-corrected chi connectivity index (χ4v) is 3.17. The summed E-state index contributed by atoms with van der Waals surface area (Å²) in [6, 6.07) is 1.15. The van der Waals surface area contributed by atoms with Crippen molar-refractivity contribution in [1.29, 1.82) is 0 Å². The fourth-order valence-electron chi connectivity index (χ4n) is 3.17. The molecule has 2 N–H and O–H groups in total. The van der Waals surface area contributed by atoms with Gasteiger partial charge in [-0.25, -0.2) is 0 Å². The van der Waals surface area contributed by atoms with Gasteiger partial charge >= 0.3 is 0 Å². The number of amides is 1. The van der Waals surface area contributed by atoms with E-state index in [1.165, 1.54) is 32.2 Å². The number of likely N-dealkylation sites (N-methyl/N-ethyl adjacent to an activating group) is 1. The second-order valence-electron chi connectivity index (χ2n) is 5.56. The minimum atomic E-state index is 0. The van der Waals surface area contributed by atoms with E-state index in [4.69, 9.17) is 0 Å². The highest BCUT2D eigenvalue weighted by atomic mass is 35.5. The Hall–Kier alpha value is -0.0300. The molecule has 2 heterocycles. The summed E-state index contributed by atoms with van der Waals surface area (Å²) in [5, 5.41) is 6.54. The third kappa shape index (κ3) is 6.17. The molecule has 0 saturated carbocycles. The van der Waals surface area contributed by atoms with Crippen LogP contribution in [-0.4, -0.2) is 49.1 Å². The highest BCUT2D eigenvalue weighted by Gasteiger charge is 2.23. The number of hydrogen-bond donors (Lipinski definition) is 2. The van der Waals surface area contributed by atoms with Crippen LogP contribution >= 0.6 is 24.8 Å². The van der Waals surface area contributed by atoms with Gasteiger partial charge in [0, 0.05) is 25.0 Å². The Kier molecular flexibility index (Phi) is 10.6. The van der Waals surface area contributed by atoms with Crippen LogP contribution in [0.25, 0.3) is 0 Å². The largest absolute Gasteiger partial charge is 0.355 e. The predicted molar refractivity (Wildman–Crippen MR) is 88.0 cm³/mol. The van der Waals surface area contributed by atoms with Crippen LogP contribution in [0.5, 0.6) is 0 Å². The van der Waals surface area contributed by atoms with Crippen LogP contribution in [0.15, 0.2) is 0 Å². The van der Waals surface area contributed by atoms with Crippen molar-refractivity contribution < 1.29 is 4.79 Å². The second-order valence-corrected chi connectivity index (χ2v) is 5.56. The molecule has 0 aromatic carbocycles. The van der Waals surface area contributed by atoms with Crippen molar-refractivity contribution in [3.63, 3.8) is 0 Å². The average Bonchev–Trinajstić information content (AvgIpc) is 3.04. The number of rotatable bonds is 6. The zero-order chi connectivity index (χ0) is 12.8. The molecule has 2 saturated heterocycles. The van der Waals surface area contributed by atoms with Crippen LogP contribution in [-0.2, 0) is 4.79 Å². The van der Waals surface area contributed by atoms with Gasteiger partial charge in [0.25, 0.3) is 0 Å². The van der Waals surface area contributed by atoms with Crippen molar-refractivity contribution in [2.24, 2.45) is 0 Å². The lowest BCUT2D eigenvalue weighted by Gasteiger charge is -2.23. The molecule has 2 fully saturated rings. The Balaban J connectivity index is 0.00000180. The predicted octanol–water partition coefficient (Wildman–Crippen LogP) is 1.96. The van der Waals surface area contributed by atoms with Crippen LogP contribution in [0.2, 0.25) is 0 Å². The SMILES string of the molecule is CCN1CCCC1CNC(=O)CCC1CCCN1.Cl.Cl. The molecule has 2 unspecified atom stereocenters. The van der Waals surface area contributed by atoms with Gasteiger partial charge in [-0.3, -0.25) is 9.69 Å². The van der Waals surface area contributed by atoms with Gasteiger partial charge in [0.05, 0.1) is 0 Å². The molecule has 6 heteroatoms. The third-order valence-corrected chi connectivity index (χ3v) is 4.32. The van der Waals surface area contributed by atoms with E-state index in [0.29, 0.717) is 18.5 Å². The maximum absolute atomic E-state index is 11.8. The van der Waals surface area contributed by atoms with Crippen molar-refractivity contribution in [1.82, 2.24) is 15.5 Å². The van der Waals surface area contributed by atoms with Crippen molar-refractivity contribution in [2.45, 2.75) is 57.5 Å². The number of halogens is 2. The number of carbonyl (C=O) groups excluding carboxylic acids is 1. The maximum atomic E-state index is 11.8. The molecule has 2 aliphatic heterocycles. The van der Waals surface area contributed by atoms with Gasteiger partial charge in [0.2, 0.25) is 5.91 Å². The van der Waals surface area contributed by atoms with E-state index in [0.717, 1.165) is 26.1 Å². The molecule has 120 valence electrons. The molecule has 0 spiro atoms. The summed E-state index contributed by atoms with van der Waals surface area (Å²) in [5.74, 6) is 0.228. The number of likely N-dealkylation sites (tertiary alicyclic amines) is 1. The molecule has 0 radical (unpaired) electrons. The van der Waals surface area contributed by atoms with Crippen molar-refractivity contribution in [2.75, 3.05) is 26.2 Å². The standard InChI is InChI=1S/C14H27N3O.2ClH/c1-2-17-10-4-6-13(17)11-16-14(18)8-7-12-5-3-9-15-12;;/h12-13,15H,2-11H2,1H3,(H,16,18);2*1H. The number of nitrogens with one attached hydrogen (secondary N) is 2. The lowest BCUT2D eigenvalue weighted by atomic mass is 10.1. The molecule has 2 rings (SSSR count). The topological polar surface area (TPSA) is 44.4 Å². The molecule has 4 nitrogen and oxygen atoms in total. The van der Waals surface area contributed by atoms with Crippen LogP contribution in [0, 0.1) is 0 Å². The summed E-state index contributed by atoms with van der Waals surface area (Å²) < 4.78 is 0. The highest BCUT2D eigenvalue weighted by molar-refractivity contribution is 5.85. The van der Waals surface area contributed by atoms with Gasteiger partial charge in [0.1, 0.15) is 0 Å². The van der Waals surface area contributed by atoms with Crippen molar-refractivity contribution in [3.8, 4) is 0 Å². The van der Waals surface area contributed by atoms with Crippen LogP contribution in [0.1, 0.15) is 45.4 Å². The summed E-state index contributed by atoms with van der Waals surface area (Å²) in [5.41, 5.74) is 0. The van der Waals surface area contributed by atoms with Crippen LogP contribution in [0.3, 0.4) is 0 Å². The van der Waals surface area contributed by atoms with Crippen molar-refractivity contribution >= 4 is 30.7 Å². The number of carbonyl (C=O) groups is 1. The van der Waals surface area contributed by atoms with E-state index in [2.05, 4.69) is 22.5 Å².